The molecule has 2 N–H and O–H groups in total. The number of nitrogens with one attached hydrogen (secondary N) is 1. The molecule has 92 valence electrons. The van der Waals surface area contributed by atoms with E-state index in [-0.39, 0.29) is 6.10 Å². The van der Waals surface area contributed by atoms with E-state index in [1.807, 2.05) is 13.0 Å². The maximum Gasteiger partial charge on any atom is 0.336 e. The smallest absolute Gasteiger partial charge is 0.336 e. The molecule has 1 aliphatic rings. The molecule has 0 radical (unpaired) electrons. The highest BCUT2D eigenvalue weighted by Gasteiger charge is 2.16. The molecule has 1 fully saturated rings. The average Bonchev–Trinajstić information content (AvgIpc) is 2.80. The Balaban J connectivity index is 2.04. The molecule has 1 unspecified atom stereocenters. The minimum atomic E-state index is -0.886. The van der Waals surface area contributed by atoms with Gasteiger partial charge in [-0.05, 0) is 37.5 Å². The Morgan fingerprint density at radius 2 is 2.41 bits per heavy atom. The summed E-state index contributed by atoms with van der Waals surface area (Å²) in [6, 6.07) is 5.28. The topological polar surface area (TPSA) is 58.6 Å². The molecule has 1 saturated heterocycles. The van der Waals surface area contributed by atoms with Crippen LogP contribution in [0.4, 0.5) is 5.69 Å². The van der Waals surface area contributed by atoms with E-state index in [4.69, 9.17) is 9.84 Å². The van der Waals surface area contributed by atoms with Gasteiger partial charge in [0.1, 0.15) is 0 Å². The summed E-state index contributed by atoms with van der Waals surface area (Å²) < 4.78 is 5.51. The third-order valence-electron chi connectivity index (χ3n) is 3.11. The standard InChI is InChI=1S/C13H17NO3/c1-9-11(13(15)16)5-2-6-12(9)14-8-10-4-3-7-17-10/h2,5-6,10,14H,3-4,7-8H2,1H3,(H,15,16). The van der Waals surface area contributed by atoms with Crippen LogP contribution in [-0.2, 0) is 4.74 Å². The van der Waals surface area contributed by atoms with E-state index in [2.05, 4.69) is 5.32 Å². The van der Waals surface area contributed by atoms with Gasteiger partial charge in [-0.1, -0.05) is 6.07 Å². The van der Waals surface area contributed by atoms with Gasteiger partial charge in [0, 0.05) is 18.8 Å². The summed E-state index contributed by atoms with van der Waals surface area (Å²) in [4.78, 5) is 11.0. The van der Waals surface area contributed by atoms with Crippen LogP contribution >= 0.6 is 0 Å². The Morgan fingerprint density at radius 1 is 1.59 bits per heavy atom. The summed E-state index contributed by atoms with van der Waals surface area (Å²) in [6.07, 6.45) is 2.44. The lowest BCUT2D eigenvalue weighted by Crippen LogP contribution is -2.19. The normalized spacial score (nSPS) is 19.2. The van der Waals surface area contributed by atoms with Gasteiger partial charge in [0.15, 0.2) is 0 Å². The summed E-state index contributed by atoms with van der Waals surface area (Å²) >= 11 is 0. The molecule has 2 rings (SSSR count). The third-order valence-corrected chi connectivity index (χ3v) is 3.11. The van der Waals surface area contributed by atoms with E-state index >= 15 is 0 Å². The fourth-order valence-corrected chi connectivity index (χ4v) is 2.09. The summed E-state index contributed by atoms with van der Waals surface area (Å²) in [7, 11) is 0. The van der Waals surface area contributed by atoms with E-state index in [0.717, 1.165) is 37.2 Å². The van der Waals surface area contributed by atoms with Crippen LogP contribution in [0.1, 0.15) is 28.8 Å². The second kappa shape index (κ2) is 5.19. The monoisotopic (exact) mass is 235 g/mol. The Hall–Kier alpha value is -1.55. The van der Waals surface area contributed by atoms with E-state index in [1.54, 1.807) is 12.1 Å². The van der Waals surface area contributed by atoms with E-state index in [0.29, 0.717) is 5.56 Å². The second-order valence-electron chi connectivity index (χ2n) is 4.30. The van der Waals surface area contributed by atoms with Gasteiger partial charge in [-0.2, -0.15) is 0 Å². The van der Waals surface area contributed by atoms with Crippen molar-refractivity contribution in [3.63, 3.8) is 0 Å². The molecule has 1 heterocycles. The molecule has 17 heavy (non-hydrogen) atoms. The number of carboxylic acid groups (broad SMARTS) is 1. The molecule has 1 aromatic carbocycles. The number of benzene rings is 1. The number of rotatable bonds is 4. The first-order valence-corrected chi connectivity index (χ1v) is 5.87. The number of carbonyl (C=O) groups is 1. The Bertz CT molecular complexity index is 411. The van der Waals surface area contributed by atoms with Gasteiger partial charge in [0.25, 0.3) is 0 Å². The SMILES string of the molecule is Cc1c(NCC2CCCO2)cccc1C(=O)O. The number of ether oxygens (including phenoxy) is 1. The second-order valence-corrected chi connectivity index (χ2v) is 4.30. The minimum absolute atomic E-state index is 0.253. The lowest BCUT2D eigenvalue weighted by molar-refractivity contribution is 0.0696. The molecule has 0 spiro atoms. The van der Waals surface area contributed by atoms with Crippen molar-refractivity contribution in [1.29, 1.82) is 0 Å². The molecule has 0 aliphatic carbocycles. The Labute approximate surface area is 101 Å². The Kier molecular flexibility index (Phi) is 3.64. The number of carboxylic acids is 1. The lowest BCUT2D eigenvalue weighted by atomic mass is 10.1. The molecular weight excluding hydrogens is 218 g/mol. The number of hydrogen-bond donors (Lipinski definition) is 2. The van der Waals surface area contributed by atoms with Gasteiger partial charge in [0.2, 0.25) is 0 Å². The van der Waals surface area contributed by atoms with Crippen LogP contribution in [0.25, 0.3) is 0 Å². The first-order valence-electron chi connectivity index (χ1n) is 5.87. The van der Waals surface area contributed by atoms with Gasteiger partial charge >= 0.3 is 5.97 Å². The summed E-state index contributed by atoms with van der Waals surface area (Å²) in [6.45, 7) is 3.39. The molecule has 1 aliphatic heterocycles. The first kappa shape index (κ1) is 11.9. The van der Waals surface area contributed by atoms with Crippen LogP contribution in [0.3, 0.4) is 0 Å². The summed E-state index contributed by atoms with van der Waals surface area (Å²) in [5.74, 6) is -0.886. The van der Waals surface area contributed by atoms with Gasteiger partial charge in [-0.15, -0.1) is 0 Å². The first-order chi connectivity index (χ1) is 8.18. The molecule has 4 nitrogen and oxygen atoms in total. The minimum Gasteiger partial charge on any atom is -0.478 e. The van der Waals surface area contributed by atoms with E-state index in [9.17, 15) is 4.79 Å². The molecular formula is C13H17NO3. The molecule has 0 aromatic heterocycles. The van der Waals surface area contributed by atoms with Crippen LogP contribution in [0.5, 0.6) is 0 Å². The fraction of sp³-hybridized carbons (Fsp3) is 0.462. The summed E-state index contributed by atoms with van der Waals surface area (Å²) in [5, 5.41) is 12.3. The fourth-order valence-electron chi connectivity index (χ4n) is 2.09. The van der Waals surface area contributed by atoms with Crippen LogP contribution in [0.15, 0.2) is 18.2 Å². The highest BCUT2D eigenvalue weighted by molar-refractivity contribution is 5.91. The van der Waals surface area contributed by atoms with Gasteiger partial charge < -0.3 is 15.2 Å². The van der Waals surface area contributed by atoms with Crippen LogP contribution < -0.4 is 5.32 Å². The third kappa shape index (κ3) is 2.77. The zero-order chi connectivity index (χ0) is 12.3. The van der Waals surface area contributed by atoms with Crippen molar-refractivity contribution >= 4 is 11.7 Å². The molecule has 0 bridgehead atoms. The maximum atomic E-state index is 11.0. The molecule has 0 saturated carbocycles. The number of anilines is 1. The van der Waals surface area contributed by atoms with Crippen molar-refractivity contribution in [2.45, 2.75) is 25.9 Å². The van der Waals surface area contributed by atoms with Crippen molar-refractivity contribution in [1.82, 2.24) is 0 Å². The number of hydrogen-bond acceptors (Lipinski definition) is 3. The Morgan fingerprint density at radius 3 is 3.06 bits per heavy atom. The molecule has 1 atom stereocenters. The lowest BCUT2D eigenvalue weighted by Gasteiger charge is -2.14. The molecule has 1 aromatic rings. The highest BCUT2D eigenvalue weighted by atomic mass is 16.5. The van der Waals surface area contributed by atoms with Gasteiger partial charge in [-0.3, -0.25) is 0 Å². The van der Waals surface area contributed by atoms with Gasteiger partial charge in [-0.25, -0.2) is 4.79 Å². The van der Waals surface area contributed by atoms with E-state index in [1.165, 1.54) is 0 Å². The number of aromatic carboxylic acids is 1. The average molecular weight is 235 g/mol. The molecule has 0 amide bonds. The quantitative estimate of drug-likeness (QED) is 0.840. The zero-order valence-corrected chi connectivity index (χ0v) is 9.90. The van der Waals surface area contributed by atoms with Crippen molar-refractivity contribution < 1.29 is 14.6 Å². The van der Waals surface area contributed by atoms with Crippen molar-refractivity contribution in [2.24, 2.45) is 0 Å². The van der Waals surface area contributed by atoms with Crippen molar-refractivity contribution in [2.75, 3.05) is 18.5 Å². The van der Waals surface area contributed by atoms with E-state index < -0.39 is 5.97 Å². The van der Waals surface area contributed by atoms with Crippen molar-refractivity contribution in [3.8, 4) is 0 Å². The van der Waals surface area contributed by atoms with Crippen LogP contribution in [0.2, 0.25) is 0 Å². The highest BCUT2D eigenvalue weighted by Crippen LogP contribution is 2.20. The summed E-state index contributed by atoms with van der Waals surface area (Å²) in [5.41, 5.74) is 2.00. The zero-order valence-electron chi connectivity index (χ0n) is 9.90. The largest absolute Gasteiger partial charge is 0.478 e. The maximum absolute atomic E-state index is 11.0. The van der Waals surface area contributed by atoms with Crippen LogP contribution in [-0.4, -0.2) is 30.3 Å². The van der Waals surface area contributed by atoms with Crippen molar-refractivity contribution in [3.05, 3.63) is 29.3 Å². The predicted octanol–water partition coefficient (Wildman–Crippen LogP) is 2.28. The van der Waals surface area contributed by atoms with Gasteiger partial charge in [0.05, 0.1) is 11.7 Å². The predicted molar refractivity (Wildman–Crippen MR) is 65.6 cm³/mol. The van der Waals surface area contributed by atoms with Crippen LogP contribution in [0, 0.1) is 6.92 Å². The molecule has 4 heteroatoms.